The second-order valence-corrected chi connectivity index (χ2v) is 9.18. The van der Waals surface area contributed by atoms with Gasteiger partial charge >= 0.3 is 0 Å². The van der Waals surface area contributed by atoms with Crippen LogP contribution in [0.3, 0.4) is 0 Å². The predicted octanol–water partition coefficient (Wildman–Crippen LogP) is 5.22. The van der Waals surface area contributed by atoms with E-state index in [1.54, 1.807) is 12.1 Å². The summed E-state index contributed by atoms with van der Waals surface area (Å²) in [5, 5.41) is 1.63. The third-order valence-electron chi connectivity index (χ3n) is 5.74. The number of aliphatic imine (C=N–C) groups is 1. The van der Waals surface area contributed by atoms with Gasteiger partial charge in [-0.3, -0.25) is 9.98 Å². The molecule has 1 aromatic carbocycles. The smallest absolute Gasteiger partial charge is 0.160 e. The summed E-state index contributed by atoms with van der Waals surface area (Å²) >= 11 is 1.84. The lowest BCUT2D eigenvalue weighted by Gasteiger charge is -2.27. The van der Waals surface area contributed by atoms with Crippen LogP contribution in [0, 0.1) is 19.7 Å². The molecular weight excluding hydrogens is 383 g/mol. The molecule has 5 rings (SSSR count). The van der Waals surface area contributed by atoms with Crippen LogP contribution in [0.2, 0.25) is 0 Å². The molecule has 0 bridgehead atoms. The van der Waals surface area contributed by atoms with Gasteiger partial charge in [-0.1, -0.05) is 30.8 Å². The Morgan fingerprint density at radius 1 is 1.10 bits per heavy atom. The lowest BCUT2D eigenvalue weighted by Crippen LogP contribution is -2.28. The van der Waals surface area contributed by atoms with E-state index in [4.69, 9.17) is 4.99 Å². The number of hydrogen-bond donors (Lipinski definition) is 0. The quantitative estimate of drug-likeness (QED) is 0.598. The standard InChI is InChI=1S/C23H23FN4S/c1-14-11-19(16(3)28(14)18-8-6-7-17(24)12-18)22-21(20-9-4-5-10-25-20)26-23-27(22)13-15(2)29-23/h4-12,15,21-22H,13H2,1-3H3/t15-,21+,22+/m0/s1. The summed E-state index contributed by atoms with van der Waals surface area (Å²) < 4.78 is 16.0. The van der Waals surface area contributed by atoms with Crippen molar-refractivity contribution in [2.24, 2.45) is 4.99 Å². The highest BCUT2D eigenvalue weighted by atomic mass is 32.2. The Bertz CT molecular complexity index is 1090. The molecule has 6 heteroatoms. The first-order chi connectivity index (χ1) is 14.0. The molecule has 0 saturated carbocycles. The zero-order valence-electron chi connectivity index (χ0n) is 16.7. The number of rotatable bonds is 3. The molecule has 0 unspecified atom stereocenters. The van der Waals surface area contributed by atoms with Gasteiger partial charge < -0.3 is 9.47 Å². The number of benzene rings is 1. The summed E-state index contributed by atoms with van der Waals surface area (Å²) in [6.07, 6.45) is 1.84. The van der Waals surface area contributed by atoms with Gasteiger partial charge in [0.15, 0.2) is 5.17 Å². The summed E-state index contributed by atoms with van der Waals surface area (Å²) in [5.41, 5.74) is 5.29. The number of pyridine rings is 1. The first-order valence-corrected chi connectivity index (χ1v) is 10.8. The molecule has 2 aliphatic heterocycles. The predicted molar refractivity (Wildman–Crippen MR) is 116 cm³/mol. The second kappa shape index (κ2) is 7.02. The number of halogens is 1. The lowest BCUT2D eigenvalue weighted by molar-refractivity contribution is 0.320. The molecule has 4 nitrogen and oxygen atoms in total. The summed E-state index contributed by atoms with van der Waals surface area (Å²) in [5.74, 6) is -0.223. The molecule has 0 spiro atoms. The molecule has 4 heterocycles. The van der Waals surface area contributed by atoms with E-state index < -0.39 is 0 Å². The minimum absolute atomic E-state index is 0.0346. The van der Waals surface area contributed by atoms with E-state index >= 15 is 0 Å². The van der Waals surface area contributed by atoms with E-state index in [0.717, 1.165) is 34.5 Å². The first-order valence-electron chi connectivity index (χ1n) is 9.89. The second-order valence-electron chi connectivity index (χ2n) is 7.78. The molecule has 3 aromatic rings. The van der Waals surface area contributed by atoms with Crippen molar-refractivity contribution in [1.29, 1.82) is 0 Å². The van der Waals surface area contributed by atoms with Crippen LogP contribution in [0.5, 0.6) is 0 Å². The van der Waals surface area contributed by atoms with E-state index in [0.29, 0.717) is 5.25 Å². The molecule has 0 amide bonds. The number of aryl methyl sites for hydroxylation is 1. The van der Waals surface area contributed by atoms with Gasteiger partial charge in [0.05, 0.1) is 11.7 Å². The Labute approximate surface area is 174 Å². The number of thioether (sulfide) groups is 1. The summed E-state index contributed by atoms with van der Waals surface area (Å²) in [6, 6.07) is 15.1. The van der Waals surface area contributed by atoms with Crippen LogP contribution >= 0.6 is 11.8 Å². The van der Waals surface area contributed by atoms with Crippen molar-refractivity contribution in [1.82, 2.24) is 14.5 Å². The number of hydrogen-bond acceptors (Lipinski definition) is 4. The largest absolute Gasteiger partial charge is 0.341 e. The molecule has 2 aromatic heterocycles. The molecule has 0 N–H and O–H groups in total. The normalized spacial score (nSPS) is 23.4. The summed E-state index contributed by atoms with van der Waals surface area (Å²) in [6.45, 7) is 7.41. The molecule has 148 valence electrons. The Kier molecular flexibility index (Phi) is 4.46. The van der Waals surface area contributed by atoms with Crippen molar-refractivity contribution in [2.45, 2.75) is 38.1 Å². The molecule has 2 aliphatic rings. The van der Waals surface area contributed by atoms with Crippen LogP contribution in [0.15, 0.2) is 59.7 Å². The van der Waals surface area contributed by atoms with Gasteiger partial charge in [-0.2, -0.15) is 0 Å². The fraction of sp³-hybridized carbons (Fsp3) is 0.304. The zero-order chi connectivity index (χ0) is 20.1. The van der Waals surface area contributed by atoms with Crippen molar-refractivity contribution in [2.75, 3.05) is 6.54 Å². The van der Waals surface area contributed by atoms with Crippen molar-refractivity contribution in [3.63, 3.8) is 0 Å². The van der Waals surface area contributed by atoms with E-state index in [1.165, 1.54) is 11.6 Å². The van der Waals surface area contributed by atoms with Gasteiger partial charge in [0.2, 0.25) is 0 Å². The minimum atomic E-state index is -0.223. The van der Waals surface area contributed by atoms with E-state index in [1.807, 2.05) is 36.2 Å². The molecule has 0 radical (unpaired) electrons. The number of amidine groups is 1. The first kappa shape index (κ1) is 18.4. The molecule has 1 fully saturated rings. The van der Waals surface area contributed by atoms with Crippen LogP contribution in [-0.2, 0) is 0 Å². The van der Waals surface area contributed by atoms with Gasteiger partial charge in [0, 0.05) is 35.1 Å². The average Bonchev–Trinajstić information content (AvgIpc) is 3.32. The van der Waals surface area contributed by atoms with Crippen LogP contribution in [0.1, 0.15) is 41.7 Å². The Morgan fingerprint density at radius 3 is 2.72 bits per heavy atom. The summed E-state index contributed by atoms with van der Waals surface area (Å²) in [4.78, 5) is 12.1. The fourth-order valence-corrected chi connectivity index (χ4v) is 5.65. The fourth-order valence-electron chi connectivity index (χ4n) is 4.55. The highest BCUT2D eigenvalue weighted by Crippen LogP contribution is 2.48. The maximum absolute atomic E-state index is 13.9. The van der Waals surface area contributed by atoms with Crippen LogP contribution < -0.4 is 0 Å². The third kappa shape index (κ3) is 3.06. The third-order valence-corrected chi connectivity index (χ3v) is 6.84. The SMILES string of the molecule is Cc1cc([C@@H]2[C@@H](c3ccccn3)N=C3S[C@@H](C)CN32)c(C)n1-c1cccc(F)c1. The molecule has 3 atom stereocenters. The minimum Gasteiger partial charge on any atom is -0.341 e. The number of aromatic nitrogens is 2. The van der Waals surface area contributed by atoms with Crippen molar-refractivity contribution in [3.8, 4) is 5.69 Å². The van der Waals surface area contributed by atoms with Crippen LogP contribution in [-0.4, -0.2) is 31.4 Å². The molecular formula is C23H23FN4S. The van der Waals surface area contributed by atoms with Gasteiger partial charge in [-0.25, -0.2) is 4.39 Å². The highest BCUT2D eigenvalue weighted by Gasteiger charge is 2.44. The maximum atomic E-state index is 13.9. The highest BCUT2D eigenvalue weighted by molar-refractivity contribution is 8.14. The molecule has 0 aliphatic carbocycles. The number of fused-ring (bicyclic) bond motifs is 1. The van der Waals surface area contributed by atoms with E-state index in [2.05, 4.69) is 47.4 Å². The van der Waals surface area contributed by atoms with Gasteiger partial charge in [-0.15, -0.1) is 0 Å². The van der Waals surface area contributed by atoms with Crippen molar-refractivity contribution < 1.29 is 4.39 Å². The Morgan fingerprint density at radius 2 is 1.97 bits per heavy atom. The Hall–Kier alpha value is -2.60. The monoisotopic (exact) mass is 406 g/mol. The number of nitrogens with zero attached hydrogens (tertiary/aromatic N) is 4. The van der Waals surface area contributed by atoms with Crippen LogP contribution in [0.4, 0.5) is 4.39 Å². The average molecular weight is 407 g/mol. The maximum Gasteiger partial charge on any atom is 0.160 e. The molecule has 29 heavy (non-hydrogen) atoms. The van der Waals surface area contributed by atoms with Crippen LogP contribution in [0.25, 0.3) is 5.69 Å². The summed E-state index contributed by atoms with van der Waals surface area (Å²) in [7, 11) is 0. The van der Waals surface area contributed by atoms with Gasteiger partial charge in [-0.05, 0) is 55.8 Å². The molecule has 1 saturated heterocycles. The zero-order valence-corrected chi connectivity index (χ0v) is 17.5. The topological polar surface area (TPSA) is 33.4 Å². The Balaban J connectivity index is 1.63. The van der Waals surface area contributed by atoms with Crippen molar-refractivity contribution >= 4 is 16.9 Å². The lowest BCUT2D eigenvalue weighted by atomic mass is 9.96. The van der Waals surface area contributed by atoms with Gasteiger partial charge in [0.25, 0.3) is 0 Å². The van der Waals surface area contributed by atoms with E-state index in [-0.39, 0.29) is 17.9 Å². The van der Waals surface area contributed by atoms with E-state index in [9.17, 15) is 4.39 Å². The van der Waals surface area contributed by atoms with Crippen molar-refractivity contribution in [3.05, 3.63) is 83.2 Å². The van der Waals surface area contributed by atoms with Gasteiger partial charge in [0.1, 0.15) is 11.9 Å².